The molecule has 0 saturated carbocycles. The van der Waals surface area contributed by atoms with Gasteiger partial charge in [-0.3, -0.25) is 4.79 Å². The number of hydrogen-bond acceptors (Lipinski definition) is 7. The first-order valence-electron chi connectivity index (χ1n) is 5.61. The minimum atomic E-state index is -0.963. The van der Waals surface area contributed by atoms with E-state index in [0.717, 1.165) is 0 Å². The summed E-state index contributed by atoms with van der Waals surface area (Å²) in [7, 11) is 0. The number of imidazole rings is 1. The van der Waals surface area contributed by atoms with Gasteiger partial charge in [0, 0.05) is 13.1 Å². The molecular formula is C10H17N7O2. The Bertz CT molecular complexity index is 521. The molecule has 0 radical (unpaired) electrons. The summed E-state index contributed by atoms with van der Waals surface area (Å²) in [6.07, 6.45) is 2.92. The zero-order valence-electron chi connectivity index (χ0n) is 10.5. The van der Waals surface area contributed by atoms with Gasteiger partial charge in [-0.25, -0.2) is 15.0 Å². The van der Waals surface area contributed by atoms with Gasteiger partial charge in [-0.1, -0.05) is 0 Å². The Morgan fingerprint density at radius 1 is 1.42 bits per heavy atom. The molecule has 7 N–H and O–H groups in total. The number of aromatic amines is 1. The predicted octanol–water partition coefficient (Wildman–Crippen LogP) is -1.06. The minimum absolute atomic E-state index is 0.433. The number of nitrogens with two attached hydrogens (primary N) is 2. The molecule has 0 amide bonds. The van der Waals surface area contributed by atoms with E-state index in [9.17, 15) is 4.79 Å². The minimum Gasteiger partial charge on any atom is -0.480 e. The smallest absolute Gasteiger partial charge is 0.320 e. The van der Waals surface area contributed by atoms with Crippen LogP contribution in [0.25, 0.3) is 11.2 Å². The Balaban J connectivity index is 0.000000170. The van der Waals surface area contributed by atoms with E-state index in [1.54, 1.807) is 0 Å². The van der Waals surface area contributed by atoms with Crippen LogP contribution < -0.4 is 16.8 Å². The molecule has 19 heavy (non-hydrogen) atoms. The number of nitrogens with one attached hydrogen (secondary N) is 2. The van der Waals surface area contributed by atoms with Crippen molar-refractivity contribution in [2.24, 2.45) is 5.73 Å². The molecule has 9 heteroatoms. The summed E-state index contributed by atoms with van der Waals surface area (Å²) in [5.41, 5.74) is 11.6. The summed E-state index contributed by atoms with van der Waals surface area (Å²) in [6.45, 7) is 3.92. The Morgan fingerprint density at radius 3 is 2.42 bits per heavy atom. The molecule has 1 fully saturated rings. The lowest BCUT2D eigenvalue weighted by Crippen LogP contribution is -2.25. The highest BCUT2D eigenvalue weighted by molar-refractivity contribution is 5.80. The summed E-state index contributed by atoms with van der Waals surface area (Å²) in [6, 6.07) is -0.731. The van der Waals surface area contributed by atoms with Gasteiger partial charge in [0.1, 0.15) is 17.9 Å². The van der Waals surface area contributed by atoms with E-state index in [4.69, 9.17) is 16.6 Å². The Kier molecular flexibility index (Phi) is 5.64. The lowest BCUT2D eigenvalue weighted by atomic mass is 10.4. The number of anilines is 1. The number of carboxylic acid groups (broad SMARTS) is 1. The summed E-state index contributed by atoms with van der Waals surface area (Å²) in [5, 5.41) is 10.9. The first-order valence-corrected chi connectivity index (χ1v) is 5.61. The lowest BCUT2D eigenvalue weighted by Gasteiger charge is -1.90. The number of carboxylic acids is 1. The fourth-order valence-corrected chi connectivity index (χ4v) is 0.784. The fourth-order valence-electron chi connectivity index (χ4n) is 0.784. The third-order valence-corrected chi connectivity index (χ3v) is 1.89. The third kappa shape index (κ3) is 5.75. The number of nitrogens with zero attached hydrogens (tertiary/aromatic N) is 3. The first kappa shape index (κ1) is 14.8. The number of nitrogen functional groups attached to an aromatic ring is 1. The van der Waals surface area contributed by atoms with Crippen LogP contribution in [0, 0.1) is 0 Å². The maximum Gasteiger partial charge on any atom is 0.320 e. The van der Waals surface area contributed by atoms with Crippen molar-refractivity contribution in [2.75, 3.05) is 18.8 Å². The molecule has 3 heterocycles. The van der Waals surface area contributed by atoms with Gasteiger partial charge in [0.25, 0.3) is 0 Å². The van der Waals surface area contributed by atoms with Crippen LogP contribution in [0.3, 0.4) is 0 Å². The monoisotopic (exact) mass is 267 g/mol. The van der Waals surface area contributed by atoms with Crippen LogP contribution in [0.4, 0.5) is 5.82 Å². The zero-order chi connectivity index (χ0) is 14.3. The second kappa shape index (κ2) is 7.24. The lowest BCUT2D eigenvalue weighted by molar-refractivity contribution is -0.138. The number of fused-ring (bicyclic) bond motifs is 1. The molecule has 1 saturated heterocycles. The second-order valence-electron chi connectivity index (χ2n) is 3.74. The van der Waals surface area contributed by atoms with E-state index in [-0.39, 0.29) is 0 Å². The molecule has 3 rings (SSSR count). The van der Waals surface area contributed by atoms with Crippen LogP contribution >= 0.6 is 0 Å². The maximum atomic E-state index is 9.57. The van der Waals surface area contributed by atoms with Gasteiger partial charge in [-0.15, -0.1) is 0 Å². The molecule has 1 aliphatic rings. The van der Waals surface area contributed by atoms with Gasteiger partial charge in [-0.2, -0.15) is 0 Å². The number of carbonyl (C=O) groups is 1. The van der Waals surface area contributed by atoms with Crippen molar-refractivity contribution >= 4 is 23.0 Å². The average Bonchev–Trinajstić information content (AvgIpc) is 3.16. The summed E-state index contributed by atoms with van der Waals surface area (Å²) in [5.74, 6) is -0.530. The van der Waals surface area contributed by atoms with Crippen LogP contribution in [-0.4, -0.2) is 50.1 Å². The highest BCUT2D eigenvalue weighted by atomic mass is 16.4. The molecule has 2 aromatic heterocycles. The van der Waals surface area contributed by atoms with E-state index in [1.165, 1.54) is 32.7 Å². The summed E-state index contributed by atoms with van der Waals surface area (Å²) < 4.78 is 0. The fraction of sp³-hybridized carbons (Fsp3) is 0.400. The largest absolute Gasteiger partial charge is 0.480 e. The Labute approximate surface area is 109 Å². The molecule has 1 atom stereocenters. The van der Waals surface area contributed by atoms with Crippen molar-refractivity contribution < 1.29 is 9.90 Å². The molecule has 0 spiro atoms. The molecule has 2 aromatic rings. The van der Waals surface area contributed by atoms with Crippen LogP contribution in [-0.2, 0) is 4.79 Å². The molecule has 0 bridgehead atoms. The van der Waals surface area contributed by atoms with Crippen molar-refractivity contribution in [1.29, 1.82) is 0 Å². The average molecular weight is 267 g/mol. The third-order valence-electron chi connectivity index (χ3n) is 1.89. The highest BCUT2D eigenvalue weighted by Gasteiger charge is 2.00. The predicted molar refractivity (Wildman–Crippen MR) is 70.3 cm³/mol. The van der Waals surface area contributed by atoms with Crippen molar-refractivity contribution in [2.45, 2.75) is 13.0 Å². The van der Waals surface area contributed by atoms with Crippen molar-refractivity contribution in [3.05, 3.63) is 12.7 Å². The SMILES string of the molecule is C1CN1.CC(N)C(=O)O.Nc1ncnc2nc[nH]c12. The van der Waals surface area contributed by atoms with Gasteiger partial charge in [-0.05, 0) is 6.92 Å². The molecule has 1 unspecified atom stereocenters. The summed E-state index contributed by atoms with van der Waals surface area (Å²) in [4.78, 5) is 23.9. The summed E-state index contributed by atoms with van der Waals surface area (Å²) >= 11 is 0. The zero-order valence-corrected chi connectivity index (χ0v) is 10.5. The van der Waals surface area contributed by atoms with Crippen LogP contribution in [0.5, 0.6) is 0 Å². The quantitative estimate of drug-likeness (QED) is 0.408. The number of H-pyrrole nitrogens is 1. The van der Waals surface area contributed by atoms with Crippen LogP contribution in [0.1, 0.15) is 6.92 Å². The Hall–Kier alpha value is -2.26. The van der Waals surface area contributed by atoms with Gasteiger partial charge >= 0.3 is 5.97 Å². The van der Waals surface area contributed by atoms with Crippen molar-refractivity contribution in [1.82, 2.24) is 25.3 Å². The molecule has 0 aromatic carbocycles. The topological polar surface area (TPSA) is 166 Å². The Morgan fingerprint density at radius 2 is 2.00 bits per heavy atom. The van der Waals surface area contributed by atoms with Crippen molar-refractivity contribution in [3.63, 3.8) is 0 Å². The number of aromatic nitrogens is 4. The van der Waals surface area contributed by atoms with E-state index in [2.05, 4.69) is 25.3 Å². The van der Waals surface area contributed by atoms with E-state index in [1.807, 2.05) is 0 Å². The first-order chi connectivity index (χ1) is 9.02. The van der Waals surface area contributed by atoms with E-state index >= 15 is 0 Å². The van der Waals surface area contributed by atoms with Crippen molar-refractivity contribution in [3.8, 4) is 0 Å². The van der Waals surface area contributed by atoms with Crippen LogP contribution in [0.2, 0.25) is 0 Å². The number of rotatable bonds is 1. The normalized spacial score (nSPS) is 13.6. The van der Waals surface area contributed by atoms with E-state index in [0.29, 0.717) is 17.0 Å². The van der Waals surface area contributed by atoms with E-state index < -0.39 is 12.0 Å². The maximum absolute atomic E-state index is 9.57. The second-order valence-corrected chi connectivity index (χ2v) is 3.74. The molecule has 9 nitrogen and oxygen atoms in total. The van der Waals surface area contributed by atoms with Gasteiger partial charge in [0.2, 0.25) is 0 Å². The van der Waals surface area contributed by atoms with Gasteiger partial charge < -0.3 is 26.9 Å². The standard InChI is InChI=1S/C5H5N5.C3H7NO2.C2H5N/c6-4-3-5(9-1-7-3)10-2-8-4;1-2(4)3(5)6;1-2-3-1/h1-2H,(H3,6,7,8,9,10);2H,4H2,1H3,(H,5,6);3H,1-2H2. The molecule has 0 aliphatic carbocycles. The number of hydrogen-bond donors (Lipinski definition) is 5. The molecule has 1 aliphatic heterocycles. The highest BCUT2D eigenvalue weighted by Crippen LogP contribution is 2.09. The van der Waals surface area contributed by atoms with Gasteiger partial charge in [0.15, 0.2) is 11.5 Å². The molecule has 104 valence electrons. The number of aliphatic carboxylic acids is 1. The van der Waals surface area contributed by atoms with Gasteiger partial charge in [0.05, 0.1) is 6.33 Å². The van der Waals surface area contributed by atoms with Crippen LogP contribution in [0.15, 0.2) is 12.7 Å². The molecular weight excluding hydrogens is 250 g/mol.